The number of ether oxygens (including phenoxy) is 4. The minimum atomic E-state index is -0.857. The second-order valence-electron chi connectivity index (χ2n) is 12.7. The van der Waals surface area contributed by atoms with Gasteiger partial charge in [-0.25, -0.2) is 0 Å². The molecule has 0 aromatic heterocycles. The van der Waals surface area contributed by atoms with Gasteiger partial charge in [-0.1, -0.05) is 60.7 Å². The van der Waals surface area contributed by atoms with Crippen molar-refractivity contribution in [2.24, 2.45) is 23.7 Å². The number of esters is 3. The van der Waals surface area contributed by atoms with E-state index >= 15 is 0 Å². The van der Waals surface area contributed by atoms with Crippen molar-refractivity contribution in [1.82, 2.24) is 0 Å². The van der Waals surface area contributed by atoms with E-state index in [0.29, 0.717) is 31.7 Å². The van der Waals surface area contributed by atoms with Gasteiger partial charge in [0.1, 0.15) is 13.2 Å². The Morgan fingerprint density at radius 2 is 1.60 bits per heavy atom. The Hall–Kier alpha value is -4.46. The van der Waals surface area contributed by atoms with Crippen molar-refractivity contribution >= 4 is 29.5 Å². The molecular formula is C38H43NO9. The van der Waals surface area contributed by atoms with Gasteiger partial charge in [-0.15, -0.1) is 0 Å². The lowest BCUT2D eigenvalue weighted by Gasteiger charge is -2.43. The van der Waals surface area contributed by atoms with Crippen LogP contribution >= 0.6 is 0 Å². The second kappa shape index (κ2) is 16.1. The molecule has 1 saturated heterocycles. The van der Waals surface area contributed by atoms with Gasteiger partial charge in [0.25, 0.3) is 0 Å². The largest absolute Gasteiger partial charge is 0.465 e. The topological polar surface area (TPSA) is 129 Å². The summed E-state index contributed by atoms with van der Waals surface area (Å²) in [5.41, 5.74) is 4.17. The maximum atomic E-state index is 13.3. The summed E-state index contributed by atoms with van der Waals surface area (Å²) in [6.45, 7) is 4.39. The lowest BCUT2D eigenvalue weighted by molar-refractivity contribution is -0.153. The molecule has 254 valence electrons. The first kappa shape index (κ1) is 34.9. The molecule has 2 fully saturated rings. The fourth-order valence-corrected chi connectivity index (χ4v) is 6.93. The lowest BCUT2D eigenvalue weighted by atomic mass is 9.65. The Balaban J connectivity index is 1.02. The third-order valence-electron chi connectivity index (χ3n) is 9.63. The second-order valence-corrected chi connectivity index (χ2v) is 12.7. The molecule has 5 rings (SSSR count). The molecule has 1 N–H and O–H groups in total. The summed E-state index contributed by atoms with van der Waals surface area (Å²) in [5.74, 6) is 4.00. The minimum Gasteiger partial charge on any atom is -0.465 e. The molecule has 0 spiro atoms. The van der Waals surface area contributed by atoms with E-state index in [4.69, 9.17) is 18.9 Å². The number of anilines is 1. The van der Waals surface area contributed by atoms with Crippen LogP contribution in [0.2, 0.25) is 0 Å². The first-order valence-electron chi connectivity index (χ1n) is 16.5. The van der Waals surface area contributed by atoms with Crippen LogP contribution in [-0.2, 0) is 44.7 Å². The zero-order chi connectivity index (χ0) is 34.2. The summed E-state index contributed by atoms with van der Waals surface area (Å²) < 4.78 is 21.4. The summed E-state index contributed by atoms with van der Waals surface area (Å²) in [6.07, 6.45) is 1.86. The molecule has 2 heterocycles. The van der Waals surface area contributed by atoms with E-state index in [1.807, 2.05) is 68.5 Å². The van der Waals surface area contributed by atoms with Crippen LogP contribution in [0, 0.1) is 35.5 Å². The van der Waals surface area contributed by atoms with Gasteiger partial charge in [-0.3, -0.25) is 19.2 Å². The predicted molar refractivity (Wildman–Crippen MR) is 176 cm³/mol. The van der Waals surface area contributed by atoms with Gasteiger partial charge >= 0.3 is 17.9 Å². The predicted octanol–water partition coefficient (Wildman–Crippen LogP) is 4.35. The van der Waals surface area contributed by atoms with Crippen molar-refractivity contribution in [3.8, 4) is 11.8 Å². The number of para-hydroxylation sites is 1. The van der Waals surface area contributed by atoms with Crippen molar-refractivity contribution in [2.45, 2.75) is 64.7 Å². The van der Waals surface area contributed by atoms with E-state index in [0.717, 1.165) is 22.3 Å². The third-order valence-corrected chi connectivity index (χ3v) is 9.63. The van der Waals surface area contributed by atoms with E-state index in [2.05, 4.69) is 11.8 Å². The summed E-state index contributed by atoms with van der Waals surface area (Å²) >= 11 is 0. The van der Waals surface area contributed by atoms with Crippen LogP contribution in [0.4, 0.5) is 5.69 Å². The highest BCUT2D eigenvalue weighted by atomic mass is 16.6. The summed E-state index contributed by atoms with van der Waals surface area (Å²) in [7, 11) is 1.62. The standard InChI is InChI=1S/C38H43NO9/c1-24(12-16-29-36(43)35-30(23-48-38(35)44)25(2)37(29)45-3)13-18-33(41)46-20-21-47-34(42)19-17-32(40)39-22-28-10-5-4-8-26(28)14-15-27-9-6-7-11-31(27)39/h4-12,25,29-30,35-37,43H,13,16-23H2,1-3H3/b24-12+. The highest BCUT2D eigenvalue weighted by Crippen LogP contribution is 2.45. The molecule has 0 radical (unpaired) electrons. The molecule has 1 saturated carbocycles. The highest BCUT2D eigenvalue weighted by Gasteiger charge is 2.54. The molecular weight excluding hydrogens is 614 g/mol. The van der Waals surface area contributed by atoms with Gasteiger partial charge in [0.05, 0.1) is 43.4 Å². The maximum Gasteiger partial charge on any atom is 0.312 e. The zero-order valence-corrected chi connectivity index (χ0v) is 27.7. The van der Waals surface area contributed by atoms with E-state index in [1.54, 1.807) is 12.0 Å². The number of allylic oxidation sites excluding steroid dienone is 2. The molecule has 2 aliphatic heterocycles. The number of benzene rings is 2. The normalized spacial score (nSPS) is 24.5. The highest BCUT2D eigenvalue weighted by molar-refractivity contribution is 5.96. The zero-order valence-electron chi connectivity index (χ0n) is 27.7. The van der Waals surface area contributed by atoms with Crippen LogP contribution in [0.15, 0.2) is 60.2 Å². The molecule has 10 heteroatoms. The molecule has 0 bridgehead atoms. The smallest absolute Gasteiger partial charge is 0.312 e. The Kier molecular flexibility index (Phi) is 11.7. The molecule has 6 atom stereocenters. The van der Waals surface area contributed by atoms with Crippen molar-refractivity contribution < 1.29 is 43.2 Å². The van der Waals surface area contributed by atoms with Gasteiger partial charge in [0.15, 0.2) is 0 Å². The minimum absolute atomic E-state index is 0.0403. The summed E-state index contributed by atoms with van der Waals surface area (Å²) in [6, 6.07) is 15.1. The first-order valence-corrected chi connectivity index (χ1v) is 16.5. The molecule has 48 heavy (non-hydrogen) atoms. The lowest BCUT2D eigenvalue weighted by Crippen LogP contribution is -2.52. The van der Waals surface area contributed by atoms with Gasteiger partial charge in [0, 0.05) is 42.9 Å². The average Bonchev–Trinajstić information content (AvgIpc) is 3.48. The maximum absolute atomic E-state index is 13.3. The molecule has 2 aromatic carbocycles. The van der Waals surface area contributed by atoms with Crippen molar-refractivity contribution in [3.05, 3.63) is 76.9 Å². The Morgan fingerprint density at radius 3 is 2.33 bits per heavy atom. The molecule has 2 aromatic rings. The van der Waals surface area contributed by atoms with E-state index in [9.17, 15) is 24.3 Å². The van der Waals surface area contributed by atoms with Gasteiger partial charge < -0.3 is 29.0 Å². The van der Waals surface area contributed by atoms with E-state index < -0.39 is 24.0 Å². The number of carbonyl (C=O) groups is 4. The number of carbonyl (C=O) groups excluding carboxylic acids is 4. The Labute approximate surface area is 281 Å². The summed E-state index contributed by atoms with van der Waals surface area (Å²) in [4.78, 5) is 51.9. The van der Waals surface area contributed by atoms with Crippen LogP contribution in [0.5, 0.6) is 0 Å². The fraction of sp³-hybridized carbons (Fsp3) is 0.474. The number of hydrogen-bond acceptors (Lipinski definition) is 9. The van der Waals surface area contributed by atoms with Crippen LogP contribution < -0.4 is 4.90 Å². The fourth-order valence-electron chi connectivity index (χ4n) is 6.93. The Bertz CT molecular complexity index is 1600. The number of aliphatic hydroxyl groups excluding tert-OH is 1. The van der Waals surface area contributed by atoms with Gasteiger partial charge in [-0.05, 0) is 49.4 Å². The molecule has 1 amide bonds. The Morgan fingerprint density at radius 1 is 0.958 bits per heavy atom. The monoisotopic (exact) mass is 657 g/mol. The van der Waals surface area contributed by atoms with Crippen LogP contribution in [0.25, 0.3) is 0 Å². The van der Waals surface area contributed by atoms with Crippen molar-refractivity contribution in [3.63, 3.8) is 0 Å². The molecule has 1 aliphatic carbocycles. The number of amides is 1. The van der Waals surface area contributed by atoms with Crippen LogP contribution in [0.1, 0.15) is 62.6 Å². The number of cyclic esters (lactones) is 1. The molecule has 10 nitrogen and oxygen atoms in total. The quantitative estimate of drug-likeness (QED) is 0.117. The van der Waals surface area contributed by atoms with Crippen LogP contribution in [-0.4, -0.2) is 68.1 Å². The number of aliphatic hydroxyl groups is 1. The number of nitrogens with zero attached hydrogens (tertiary/aromatic N) is 1. The summed E-state index contributed by atoms with van der Waals surface area (Å²) in [5, 5.41) is 11.0. The SMILES string of the molecule is COC1C(C)C2COC(=O)C2C(O)C1C/C=C(\C)CCC(=O)OCCOC(=O)CCC(=O)N1Cc2ccccc2C#Cc2ccccc21. The molecule has 6 unspecified atom stereocenters. The van der Waals surface area contributed by atoms with Crippen molar-refractivity contribution in [1.29, 1.82) is 0 Å². The van der Waals surface area contributed by atoms with E-state index in [1.165, 1.54) is 0 Å². The van der Waals surface area contributed by atoms with E-state index in [-0.39, 0.29) is 68.2 Å². The number of rotatable bonds is 12. The number of hydrogen-bond donors (Lipinski definition) is 1. The molecule has 3 aliphatic rings. The first-order chi connectivity index (χ1) is 23.2. The number of fused-ring (bicyclic) bond motifs is 3. The van der Waals surface area contributed by atoms with Crippen molar-refractivity contribution in [2.75, 3.05) is 31.8 Å². The number of methoxy groups -OCH3 is 1. The van der Waals surface area contributed by atoms with Gasteiger partial charge in [0.2, 0.25) is 5.91 Å². The van der Waals surface area contributed by atoms with Gasteiger partial charge in [-0.2, -0.15) is 0 Å². The third kappa shape index (κ3) is 8.15. The van der Waals surface area contributed by atoms with Crippen LogP contribution in [0.3, 0.4) is 0 Å². The average molecular weight is 658 g/mol.